The molecule has 0 saturated heterocycles. The van der Waals surface area contributed by atoms with Crippen LogP contribution in [0, 0.1) is 0 Å². The molecule has 1 aromatic carbocycles. The summed E-state index contributed by atoms with van der Waals surface area (Å²) in [5, 5.41) is 6.82. The summed E-state index contributed by atoms with van der Waals surface area (Å²) in [6.45, 7) is 0.449. The van der Waals surface area contributed by atoms with Crippen molar-refractivity contribution in [3.05, 3.63) is 35.5 Å². The lowest BCUT2D eigenvalue weighted by molar-refractivity contribution is -0.121. The van der Waals surface area contributed by atoms with E-state index in [1.165, 1.54) is 16.7 Å². The summed E-state index contributed by atoms with van der Waals surface area (Å²) in [6, 6.07) is 5.47. The molecule has 9 nitrogen and oxygen atoms in total. The van der Waals surface area contributed by atoms with Crippen LogP contribution >= 0.6 is 0 Å². The lowest BCUT2D eigenvalue weighted by Crippen LogP contribution is -2.38. The van der Waals surface area contributed by atoms with Crippen LogP contribution in [0.1, 0.15) is 15.9 Å². The van der Waals surface area contributed by atoms with E-state index in [-0.39, 0.29) is 31.0 Å². The first-order valence-corrected chi connectivity index (χ1v) is 7.96. The molecule has 0 spiro atoms. The van der Waals surface area contributed by atoms with E-state index in [1.807, 2.05) is 12.1 Å². The molecule has 1 aliphatic rings. The van der Waals surface area contributed by atoms with Crippen LogP contribution in [0.5, 0.6) is 17.4 Å². The second-order valence-corrected chi connectivity index (χ2v) is 5.85. The number of benzene rings is 1. The van der Waals surface area contributed by atoms with Crippen LogP contribution in [0.15, 0.2) is 24.4 Å². The van der Waals surface area contributed by atoms with Gasteiger partial charge < -0.3 is 24.4 Å². The highest BCUT2D eigenvalue weighted by Crippen LogP contribution is 2.32. The summed E-state index contributed by atoms with van der Waals surface area (Å²) in [4.78, 5) is 25.9. The molecule has 0 unspecified atom stereocenters. The number of hydrogen-bond donors (Lipinski definition) is 1. The fraction of sp³-hybridized carbons (Fsp3) is 0.353. The Morgan fingerprint density at radius 3 is 2.88 bits per heavy atom. The number of fused-ring (bicyclic) bond motifs is 1. The average Bonchev–Trinajstić information content (AvgIpc) is 3.24. The number of nitrogens with one attached hydrogen (secondary N) is 1. The summed E-state index contributed by atoms with van der Waals surface area (Å²) in [7, 11) is 4.68. The minimum atomic E-state index is -0.340. The Balaban J connectivity index is 1.54. The van der Waals surface area contributed by atoms with Crippen molar-refractivity contribution in [1.29, 1.82) is 0 Å². The van der Waals surface area contributed by atoms with E-state index in [9.17, 15) is 9.59 Å². The van der Waals surface area contributed by atoms with Gasteiger partial charge in [-0.1, -0.05) is 6.07 Å². The van der Waals surface area contributed by atoms with Crippen LogP contribution in [0.3, 0.4) is 0 Å². The van der Waals surface area contributed by atoms with Crippen molar-refractivity contribution in [3.63, 3.8) is 0 Å². The molecule has 1 N–H and O–H groups in total. The fourth-order valence-corrected chi connectivity index (χ4v) is 2.57. The molecule has 9 heteroatoms. The van der Waals surface area contributed by atoms with Gasteiger partial charge >= 0.3 is 0 Å². The molecular weight excluding hydrogens is 340 g/mol. The van der Waals surface area contributed by atoms with Gasteiger partial charge in [-0.15, -0.1) is 5.10 Å². The Bertz CT molecular complexity index is 833. The van der Waals surface area contributed by atoms with E-state index in [4.69, 9.17) is 14.2 Å². The molecule has 0 radical (unpaired) electrons. The van der Waals surface area contributed by atoms with E-state index >= 15 is 0 Å². The number of methoxy groups -OCH3 is 1. The molecule has 0 atom stereocenters. The fourth-order valence-electron chi connectivity index (χ4n) is 2.57. The molecule has 138 valence electrons. The molecular formula is C17H20N4O5. The molecule has 0 saturated carbocycles. The van der Waals surface area contributed by atoms with Crippen molar-refractivity contribution in [1.82, 2.24) is 20.0 Å². The minimum Gasteiger partial charge on any atom is -0.479 e. The lowest BCUT2D eigenvalue weighted by Gasteiger charge is -2.16. The number of aryl methyl sites for hydroxylation is 1. The molecule has 0 bridgehead atoms. The van der Waals surface area contributed by atoms with Gasteiger partial charge in [0.25, 0.3) is 5.91 Å². The minimum absolute atomic E-state index is 0.0819. The quantitative estimate of drug-likeness (QED) is 0.808. The highest BCUT2D eigenvalue weighted by Gasteiger charge is 2.21. The third-order valence-electron chi connectivity index (χ3n) is 3.87. The Kier molecular flexibility index (Phi) is 4.97. The Morgan fingerprint density at radius 2 is 2.12 bits per heavy atom. The lowest BCUT2D eigenvalue weighted by atomic mass is 10.2. The van der Waals surface area contributed by atoms with Crippen LogP contribution in [0.2, 0.25) is 0 Å². The molecule has 2 aromatic rings. The van der Waals surface area contributed by atoms with Crippen molar-refractivity contribution in [2.75, 3.05) is 27.5 Å². The molecule has 1 aliphatic heterocycles. The van der Waals surface area contributed by atoms with Gasteiger partial charge in [0.15, 0.2) is 11.5 Å². The van der Waals surface area contributed by atoms with E-state index in [0.717, 1.165) is 5.56 Å². The molecule has 2 amide bonds. The predicted molar refractivity (Wildman–Crippen MR) is 91.1 cm³/mol. The maximum absolute atomic E-state index is 12.5. The van der Waals surface area contributed by atoms with Crippen LogP contribution in [-0.2, 0) is 18.4 Å². The number of ether oxygens (including phenoxy) is 3. The smallest absolute Gasteiger partial charge is 0.261 e. The van der Waals surface area contributed by atoms with Crippen molar-refractivity contribution in [2.24, 2.45) is 7.05 Å². The Labute approximate surface area is 150 Å². The normalized spacial score (nSPS) is 12.0. The van der Waals surface area contributed by atoms with E-state index in [2.05, 4.69) is 10.4 Å². The van der Waals surface area contributed by atoms with Crippen LogP contribution in [0.4, 0.5) is 0 Å². The van der Waals surface area contributed by atoms with Crippen molar-refractivity contribution in [3.8, 4) is 17.4 Å². The average molecular weight is 360 g/mol. The summed E-state index contributed by atoms with van der Waals surface area (Å²) < 4.78 is 17.1. The first-order chi connectivity index (χ1) is 12.5. The Hall–Kier alpha value is -3.23. The molecule has 3 rings (SSSR count). The zero-order valence-electron chi connectivity index (χ0n) is 14.8. The second kappa shape index (κ2) is 7.34. The summed E-state index contributed by atoms with van der Waals surface area (Å²) in [5.74, 6) is 0.961. The number of likely N-dealkylation sites (N-methyl/N-ethyl adjacent to an activating group) is 1. The highest BCUT2D eigenvalue weighted by atomic mass is 16.7. The van der Waals surface area contributed by atoms with E-state index in [1.54, 1.807) is 26.4 Å². The first kappa shape index (κ1) is 17.6. The molecule has 2 heterocycles. The standard InChI is InChI=1S/C17H20N4O5/c1-20(17(23)12-8-21(2)19-16(12)24-3)9-15(22)18-7-11-4-5-13-14(6-11)26-10-25-13/h4-6,8H,7,9-10H2,1-3H3,(H,18,22). The van der Waals surface area contributed by atoms with Gasteiger partial charge in [-0.25, -0.2) is 0 Å². The van der Waals surface area contributed by atoms with Gasteiger partial charge in [0.2, 0.25) is 18.6 Å². The molecule has 1 aromatic heterocycles. The topological polar surface area (TPSA) is 94.9 Å². The third kappa shape index (κ3) is 3.71. The number of nitrogens with zero attached hydrogens (tertiary/aromatic N) is 3. The van der Waals surface area contributed by atoms with Gasteiger partial charge in [0.1, 0.15) is 5.56 Å². The predicted octanol–water partition coefficient (Wildman–Crippen LogP) is 0.546. The van der Waals surface area contributed by atoms with Gasteiger partial charge in [-0.05, 0) is 17.7 Å². The van der Waals surface area contributed by atoms with Crippen LogP contribution < -0.4 is 19.5 Å². The van der Waals surface area contributed by atoms with Gasteiger partial charge in [0.05, 0.1) is 13.7 Å². The molecule has 0 aliphatic carbocycles. The van der Waals surface area contributed by atoms with Gasteiger partial charge in [-0.3, -0.25) is 14.3 Å². The monoisotopic (exact) mass is 360 g/mol. The van der Waals surface area contributed by atoms with Crippen LogP contribution in [0.25, 0.3) is 0 Å². The zero-order valence-corrected chi connectivity index (χ0v) is 14.8. The van der Waals surface area contributed by atoms with Crippen molar-refractivity contribution in [2.45, 2.75) is 6.54 Å². The van der Waals surface area contributed by atoms with Crippen molar-refractivity contribution >= 4 is 11.8 Å². The number of amides is 2. The summed E-state index contributed by atoms with van der Waals surface area (Å²) in [5.41, 5.74) is 1.19. The Morgan fingerprint density at radius 1 is 1.35 bits per heavy atom. The molecule has 0 fully saturated rings. The van der Waals surface area contributed by atoms with Crippen molar-refractivity contribution < 1.29 is 23.8 Å². The first-order valence-electron chi connectivity index (χ1n) is 7.96. The number of aromatic nitrogens is 2. The zero-order chi connectivity index (χ0) is 18.7. The van der Waals surface area contributed by atoms with Crippen LogP contribution in [-0.4, -0.2) is 54.0 Å². The number of carbonyl (C=O) groups excluding carboxylic acids is 2. The van der Waals surface area contributed by atoms with E-state index < -0.39 is 0 Å². The third-order valence-corrected chi connectivity index (χ3v) is 3.87. The number of hydrogen-bond acceptors (Lipinski definition) is 6. The SMILES string of the molecule is COc1nn(C)cc1C(=O)N(C)CC(=O)NCc1ccc2c(c1)OCO2. The second-order valence-electron chi connectivity index (χ2n) is 5.85. The summed E-state index contributed by atoms with van der Waals surface area (Å²) in [6.07, 6.45) is 1.56. The van der Waals surface area contributed by atoms with E-state index in [0.29, 0.717) is 23.6 Å². The maximum Gasteiger partial charge on any atom is 0.261 e. The summed E-state index contributed by atoms with van der Waals surface area (Å²) >= 11 is 0. The largest absolute Gasteiger partial charge is 0.479 e. The number of carbonyl (C=O) groups is 2. The van der Waals surface area contributed by atoms with Gasteiger partial charge in [0, 0.05) is 26.8 Å². The highest BCUT2D eigenvalue weighted by molar-refractivity contribution is 5.98. The maximum atomic E-state index is 12.5. The molecule has 26 heavy (non-hydrogen) atoms. The number of rotatable bonds is 6. The van der Waals surface area contributed by atoms with Gasteiger partial charge in [-0.2, -0.15) is 0 Å².